The van der Waals surface area contributed by atoms with Gasteiger partial charge in [-0.3, -0.25) is 4.79 Å². The molecule has 0 aliphatic heterocycles. The van der Waals surface area contributed by atoms with E-state index in [1.165, 1.54) is 5.56 Å². The molecule has 0 aliphatic carbocycles. The van der Waals surface area contributed by atoms with Crippen molar-refractivity contribution in [3.05, 3.63) is 29.8 Å². The number of amides is 1. The van der Waals surface area contributed by atoms with Crippen LogP contribution < -0.4 is 5.32 Å². The van der Waals surface area contributed by atoms with Gasteiger partial charge in [-0.05, 0) is 37.5 Å². The van der Waals surface area contributed by atoms with E-state index in [1.54, 1.807) is 0 Å². The first-order chi connectivity index (χ1) is 11.0. The van der Waals surface area contributed by atoms with E-state index in [2.05, 4.69) is 41.6 Å². The van der Waals surface area contributed by atoms with Gasteiger partial charge in [-0.2, -0.15) is 5.10 Å². The Bertz CT molecular complexity index is 879. The minimum atomic E-state index is -0.00773. The van der Waals surface area contributed by atoms with E-state index in [-0.39, 0.29) is 5.91 Å². The van der Waals surface area contributed by atoms with E-state index >= 15 is 0 Å². The molecule has 3 aromatic rings. The molecule has 2 heterocycles. The van der Waals surface area contributed by atoms with Crippen LogP contribution in [-0.2, 0) is 11.3 Å². The number of carbonyl (C=O) groups excluding carboxylic acids is 1. The number of aromatic nitrogens is 3. The van der Waals surface area contributed by atoms with E-state index < -0.39 is 0 Å². The molecule has 5 nitrogen and oxygen atoms in total. The molecule has 0 fully saturated rings. The molecule has 0 aliphatic rings. The highest BCUT2D eigenvalue weighted by atomic mass is 16.1. The molecule has 0 radical (unpaired) electrons. The number of benzene rings is 1. The standard InChI is InChI=1S/C18H22N4O/c1-5-22-18-14(17(21-22)20-16(23)8-11(2)3)10-13-7-6-12(4)9-15(13)19-18/h6-7,9-11H,5,8H2,1-4H3,(H,20,21,23). The number of hydrogen-bond donors (Lipinski definition) is 1. The summed E-state index contributed by atoms with van der Waals surface area (Å²) in [6.07, 6.45) is 0.487. The van der Waals surface area contributed by atoms with Gasteiger partial charge < -0.3 is 5.32 Å². The van der Waals surface area contributed by atoms with Gasteiger partial charge in [0.25, 0.3) is 0 Å². The summed E-state index contributed by atoms with van der Waals surface area (Å²) in [4.78, 5) is 16.8. The van der Waals surface area contributed by atoms with E-state index in [1.807, 2.05) is 25.5 Å². The predicted molar refractivity (Wildman–Crippen MR) is 93.5 cm³/mol. The maximum absolute atomic E-state index is 12.1. The summed E-state index contributed by atoms with van der Waals surface area (Å²) in [7, 11) is 0. The van der Waals surface area contributed by atoms with Crippen molar-refractivity contribution in [1.82, 2.24) is 14.8 Å². The van der Waals surface area contributed by atoms with Gasteiger partial charge in [-0.25, -0.2) is 9.67 Å². The number of carbonyl (C=O) groups is 1. The first kappa shape index (κ1) is 15.5. The summed E-state index contributed by atoms with van der Waals surface area (Å²) in [6, 6.07) is 8.25. The van der Waals surface area contributed by atoms with Crippen molar-refractivity contribution in [1.29, 1.82) is 0 Å². The van der Waals surface area contributed by atoms with Crippen LogP contribution in [0.4, 0.5) is 5.82 Å². The van der Waals surface area contributed by atoms with Crippen LogP contribution in [0.1, 0.15) is 32.8 Å². The number of aryl methyl sites for hydroxylation is 2. The van der Waals surface area contributed by atoms with E-state index in [0.717, 1.165) is 21.9 Å². The van der Waals surface area contributed by atoms with Gasteiger partial charge in [0.1, 0.15) is 0 Å². The molecule has 0 atom stereocenters. The summed E-state index contributed by atoms with van der Waals surface area (Å²) in [5, 5.41) is 9.40. The molecule has 120 valence electrons. The van der Waals surface area contributed by atoms with Crippen molar-refractivity contribution >= 4 is 33.7 Å². The second kappa shape index (κ2) is 5.99. The fourth-order valence-electron chi connectivity index (χ4n) is 2.73. The third-order valence-corrected chi connectivity index (χ3v) is 3.82. The van der Waals surface area contributed by atoms with Crippen molar-refractivity contribution in [3.63, 3.8) is 0 Å². The first-order valence-corrected chi connectivity index (χ1v) is 8.05. The monoisotopic (exact) mass is 310 g/mol. The molecule has 0 spiro atoms. The van der Waals surface area contributed by atoms with E-state index in [4.69, 9.17) is 4.98 Å². The Kier molecular flexibility index (Phi) is 4.03. The van der Waals surface area contributed by atoms with E-state index in [0.29, 0.717) is 24.7 Å². The molecule has 0 saturated carbocycles. The average Bonchev–Trinajstić information content (AvgIpc) is 2.81. The lowest BCUT2D eigenvalue weighted by Crippen LogP contribution is -2.14. The Hall–Kier alpha value is -2.43. The molecule has 5 heteroatoms. The minimum absolute atomic E-state index is 0.00773. The number of nitrogens with zero attached hydrogens (tertiary/aromatic N) is 3. The normalized spacial score (nSPS) is 11.5. The summed E-state index contributed by atoms with van der Waals surface area (Å²) in [5.74, 6) is 0.908. The highest BCUT2D eigenvalue weighted by Crippen LogP contribution is 2.26. The number of pyridine rings is 1. The molecular weight excluding hydrogens is 288 g/mol. The third kappa shape index (κ3) is 3.04. The summed E-state index contributed by atoms with van der Waals surface area (Å²) in [6.45, 7) is 8.84. The second-order valence-corrected chi connectivity index (χ2v) is 6.37. The van der Waals surface area contributed by atoms with Gasteiger partial charge >= 0.3 is 0 Å². The molecule has 1 amide bonds. The zero-order chi connectivity index (χ0) is 16.6. The lowest BCUT2D eigenvalue weighted by Gasteiger charge is -2.05. The number of anilines is 1. The molecule has 1 N–H and O–H groups in total. The Balaban J connectivity index is 2.11. The van der Waals surface area contributed by atoms with Gasteiger partial charge in [-0.1, -0.05) is 26.0 Å². The molecule has 2 aromatic heterocycles. The second-order valence-electron chi connectivity index (χ2n) is 6.37. The van der Waals surface area contributed by atoms with Gasteiger partial charge in [0.15, 0.2) is 11.5 Å². The highest BCUT2D eigenvalue weighted by Gasteiger charge is 2.15. The number of hydrogen-bond acceptors (Lipinski definition) is 3. The number of nitrogens with one attached hydrogen (secondary N) is 1. The quantitative estimate of drug-likeness (QED) is 0.795. The molecule has 3 rings (SSSR count). The molecule has 1 aromatic carbocycles. The van der Waals surface area contributed by atoms with Crippen molar-refractivity contribution < 1.29 is 4.79 Å². The Labute approximate surface area is 135 Å². The molecular formula is C18H22N4O. The smallest absolute Gasteiger partial charge is 0.225 e. The lowest BCUT2D eigenvalue weighted by atomic mass is 10.1. The SMILES string of the molecule is CCn1nc(NC(=O)CC(C)C)c2cc3ccc(C)cc3nc21. The average molecular weight is 310 g/mol. The molecule has 0 saturated heterocycles. The number of fused-ring (bicyclic) bond motifs is 2. The molecule has 0 unspecified atom stereocenters. The van der Waals surface area contributed by atoms with Crippen LogP contribution in [0.15, 0.2) is 24.3 Å². The van der Waals surface area contributed by atoms with Crippen LogP contribution in [0.5, 0.6) is 0 Å². The lowest BCUT2D eigenvalue weighted by molar-refractivity contribution is -0.116. The van der Waals surface area contributed by atoms with Crippen LogP contribution in [-0.4, -0.2) is 20.7 Å². The molecule has 0 bridgehead atoms. The van der Waals surface area contributed by atoms with Crippen molar-refractivity contribution in [3.8, 4) is 0 Å². The van der Waals surface area contributed by atoms with Crippen LogP contribution >= 0.6 is 0 Å². The van der Waals surface area contributed by atoms with Crippen LogP contribution in [0, 0.1) is 12.8 Å². The van der Waals surface area contributed by atoms with E-state index in [9.17, 15) is 4.79 Å². The van der Waals surface area contributed by atoms with Crippen molar-refractivity contribution in [2.24, 2.45) is 5.92 Å². The fraction of sp³-hybridized carbons (Fsp3) is 0.389. The summed E-state index contributed by atoms with van der Waals surface area (Å²) >= 11 is 0. The maximum atomic E-state index is 12.1. The highest BCUT2D eigenvalue weighted by molar-refractivity contribution is 6.02. The maximum Gasteiger partial charge on any atom is 0.225 e. The van der Waals surface area contributed by atoms with Crippen molar-refractivity contribution in [2.75, 3.05) is 5.32 Å². The first-order valence-electron chi connectivity index (χ1n) is 8.05. The minimum Gasteiger partial charge on any atom is -0.309 e. The molecule has 23 heavy (non-hydrogen) atoms. The van der Waals surface area contributed by atoms with Crippen LogP contribution in [0.25, 0.3) is 21.9 Å². The van der Waals surface area contributed by atoms with Gasteiger partial charge in [-0.15, -0.1) is 0 Å². The topological polar surface area (TPSA) is 59.8 Å². The van der Waals surface area contributed by atoms with Gasteiger partial charge in [0.05, 0.1) is 10.9 Å². The third-order valence-electron chi connectivity index (χ3n) is 3.82. The zero-order valence-corrected chi connectivity index (χ0v) is 14.1. The Morgan fingerprint density at radius 3 is 2.78 bits per heavy atom. The van der Waals surface area contributed by atoms with Gasteiger partial charge in [0.2, 0.25) is 5.91 Å². The summed E-state index contributed by atoms with van der Waals surface area (Å²) < 4.78 is 1.84. The summed E-state index contributed by atoms with van der Waals surface area (Å²) in [5.41, 5.74) is 2.94. The Morgan fingerprint density at radius 1 is 1.30 bits per heavy atom. The number of rotatable bonds is 4. The van der Waals surface area contributed by atoms with Crippen LogP contribution in [0.3, 0.4) is 0 Å². The largest absolute Gasteiger partial charge is 0.309 e. The Morgan fingerprint density at radius 2 is 2.09 bits per heavy atom. The van der Waals surface area contributed by atoms with Gasteiger partial charge in [0, 0.05) is 18.4 Å². The van der Waals surface area contributed by atoms with Crippen LogP contribution in [0.2, 0.25) is 0 Å². The predicted octanol–water partition coefficient (Wildman–Crippen LogP) is 3.90. The zero-order valence-electron chi connectivity index (χ0n) is 14.1. The van der Waals surface area contributed by atoms with Crippen molar-refractivity contribution in [2.45, 2.75) is 40.7 Å². The fourth-order valence-corrected chi connectivity index (χ4v) is 2.73.